The number of allylic oxidation sites excluding steroid dienone is 1. The fourth-order valence-corrected chi connectivity index (χ4v) is 7.99. The second-order valence-corrected chi connectivity index (χ2v) is 11.0. The number of pyridine rings is 1. The molecule has 1 N–H and O–H groups in total. The molecule has 2 saturated heterocycles. The number of amides is 1. The lowest BCUT2D eigenvalue weighted by molar-refractivity contribution is -0.130. The molecule has 2 spiro atoms. The van der Waals surface area contributed by atoms with Gasteiger partial charge < -0.3 is 10.1 Å². The topological polar surface area (TPSA) is 51.2 Å². The van der Waals surface area contributed by atoms with Crippen molar-refractivity contribution in [2.24, 2.45) is 11.3 Å². The Morgan fingerprint density at radius 2 is 2.06 bits per heavy atom. The minimum Gasteiger partial charge on any atom is -0.357 e. The normalized spacial score (nSPS) is 40.0. The Kier molecular flexibility index (Phi) is 3.76. The Bertz CT molecular complexity index is 1210. The van der Waals surface area contributed by atoms with Crippen LogP contribution in [-0.2, 0) is 9.53 Å². The lowest BCUT2D eigenvalue weighted by atomic mass is 9.58. The highest BCUT2D eigenvalue weighted by molar-refractivity contribution is 5.82. The highest BCUT2D eigenvalue weighted by atomic mass is 16.5. The van der Waals surface area contributed by atoms with E-state index in [1.807, 2.05) is 12.4 Å². The minimum atomic E-state index is -0.283. The van der Waals surface area contributed by atoms with E-state index in [1.54, 1.807) is 0 Å². The van der Waals surface area contributed by atoms with Crippen LogP contribution in [0.2, 0.25) is 0 Å². The smallest absolute Gasteiger partial charge is 0.220 e. The van der Waals surface area contributed by atoms with Crippen molar-refractivity contribution < 1.29 is 9.53 Å². The first kappa shape index (κ1) is 19.0. The van der Waals surface area contributed by atoms with Gasteiger partial charge in [0.15, 0.2) is 0 Å². The minimum absolute atomic E-state index is 0.160. The summed E-state index contributed by atoms with van der Waals surface area (Å²) in [6.07, 6.45) is 15.8. The molecule has 2 aliphatic carbocycles. The standard InChI is InChI=1S/C28H30N2O2/c1-26-10-8-22-15-21-4-7-25(31)30-17-27(21)11-12-28(22,32-27)24(26)6-5-23(26)19-3-2-18-9-13-29-16-20(18)14-19/h2-3,8-9,13-16,23-24H,4-7,10-12,17H2,1H3,(H,30,31)/t23?,24-,26-,27-,28-/m1/s1. The third kappa shape index (κ3) is 2.37. The summed E-state index contributed by atoms with van der Waals surface area (Å²) in [7, 11) is 0. The zero-order valence-electron chi connectivity index (χ0n) is 18.7. The van der Waals surface area contributed by atoms with E-state index < -0.39 is 0 Å². The van der Waals surface area contributed by atoms with Crippen LogP contribution < -0.4 is 5.32 Å². The van der Waals surface area contributed by atoms with Crippen molar-refractivity contribution in [1.82, 2.24) is 10.3 Å². The molecule has 0 radical (unpaired) electrons. The number of rotatable bonds is 1. The zero-order valence-corrected chi connectivity index (χ0v) is 18.7. The highest BCUT2D eigenvalue weighted by Crippen LogP contribution is 2.68. The molecule has 7 rings (SSSR count). The first-order valence-corrected chi connectivity index (χ1v) is 12.2. The van der Waals surface area contributed by atoms with Crippen LogP contribution in [0, 0.1) is 11.3 Å². The van der Waals surface area contributed by atoms with Gasteiger partial charge in [-0.05, 0) is 90.0 Å². The van der Waals surface area contributed by atoms with Crippen molar-refractivity contribution in [2.45, 2.75) is 69.0 Å². The van der Waals surface area contributed by atoms with Gasteiger partial charge in [0.05, 0.1) is 12.1 Å². The van der Waals surface area contributed by atoms with E-state index in [0.29, 0.717) is 24.8 Å². The molecule has 1 aromatic heterocycles. The number of hydrogen-bond donors (Lipinski definition) is 1. The summed E-state index contributed by atoms with van der Waals surface area (Å²) in [6, 6.07) is 9.06. The molecule has 3 aliphatic heterocycles. The maximum absolute atomic E-state index is 12.1. The molecule has 1 unspecified atom stereocenters. The van der Waals surface area contributed by atoms with Gasteiger partial charge in [-0.1, -0.05) is 31.2 Å². The van der Waals surface area contributed by atoms with Gasteiger partial charge in [0.25, 0.3) is 0 Å². The van der Waals surface area contributed by atoms with Crippen LogP contribution in [0.3, 0.4) is 0 Å². The molecule has 1 aromatic carbocycles. The third-order valence-corrected chi connectivity index (χ3v) is 9.60. The number of carbonyl (C=O) groups excluding carboxylic acids is 1. The maximum atomic E-state index is 12.1. The second-order valence-electron chi connectivity index (χ2n) is 11.0. The van der Waals surface area contributed by atoms with Gasteiger partial charge in [-0.3, -0.25) is 9.78 Å². The average Bonchev–Trinajstić information content (AvgIpc) is 3.28. The number of aromatic nitrogens is 1. The SMILES string of the molecule is C[C@]12CC=C3C=C4CCC(=O)NC[C@]45CC[C@]3(O5)[C@@H]1CCC2c1ccc2ccncc2c1. The molecule has 164 valence electrons. The molecule has 2 aromatic rings. The van der Waals surface area contributed by atoms with E-state index >= 15 is 0 Å². The summed E-state index contributed by atoms with van der Waals surface area (Å²) in [4.78, 5) is 16.5. The van der Waals surface area contributed by atoms with Crippen LogP contribution in [0.4, 0.5) is 0 Å². The van der Waals surface area contributed by atoms with Gasteiger partial charge >= 0.3 is 0 Å². The van der Waals surface area contributed by atoms with Crippen molar-refractivity contribution in [3.63, 3.8) is 0 Å². The van der Waals surface area contributed by atoms with Crippen LogP contribution in [-0.4, -0.2) is 28.6 Å². The lowest BCUT2D eigenvalue weighted by Crippen LogP contribution is -2.54. The van der Waals surface area contributed by atoms with Crippen LogP contribution in [0.15, 0.2) is 60.0 Å². The molecule has 3 fully saturated rings. The van der Waals surface area contributed by atoms with Crippen molar-refractivity contribution in [3.8, 4) is 0 Å². The molecule has 1 saturated carbocycles. The lowest BCUT2D eigenvalue weighted by Gasteiger charge is -2.53. The number of benzene rings is 1. The average molecular weight is 427 g/mol. The van der Waals surface area contributed by atoms with E-state index in [4.69, 9.17) is 4.74 Å². The Labute approximate surface area is 189 Å². The van der Waals surface area contributed by atoms with Crippen molar-refractivity contribution in [3.05, 3.63) is 65.5 Å². The largest absolute Gasteiger partial charge is 0.357 e. The number of fused-ring (bicyclic) bond motifs is 2. The van der Waals surface area contributed by atoms with Crippen LogP contribution in [0.1, 0.15) is 63.4 Å². The molecular weight excluding hydrogens is 396 g/mol. The summed E-state index contributed by atoms with van der Waals surface area (Å²) in [6.45, 7) is 3.14. The summed E-state index contributed by atoms with van der Waals surface area (Å²) >= 11 is 0. The Morgan fingerprint density at radius 3 is 3.00 bits per heavy atom. The molecule has 4 heteroatoms. The van der Waals surface area contributed by atoms with Gasteiger partial charge in [-0.2, -0.15) is 0 Å². The van der Waals surface area contributed by atoms with Gasteiger partial charge in [0, 0.05) is 24.2 Å². The molecule has 1 amide bonds. The van der Waals surface area contributed by atoms with E-state index in [-0.39, 0.29) is 22.5 Å². The third-order valence-electron chi connectivity index (χ3n) is 9.60. The van der Waals surface area contributed by atoms with E-state index in [1.165, 1.54) is 40.3 Å². The highest BCUT2D eigenvalue weighted by Gasteiger charge is 2.66. The molecular formula is C28H30N2O2. The predicted octanol–water partition coefficient (Wildman–Crippen LogP) is 5.20. The first-order valence-electron chi connectivity index (χ1n) is 12.2. The Balaban J connectivity index is 1.30. The first-order chi connectivity index (χ1) is 15.5. The van der Waals surface area contributed by atoms with E-state index in [9.17, 15) is 4.79 Å². The molecule has 2 bridgehead atoms. The number of nitrogens with one attached hydrogen (secondary N) is 1. The molecule has 5 atom stereocenters. The monoisotopic (exact) mass is 426 g/mol. The van der Waals surface area contributed by atoms with Crippen molar-refractivity contribution in [1.29, 1.82) is 0 Å². The number of ether oxygens (including phenoxy) is 1. The molecule has 32 heavy (non-hydrogen) atoms. The summed E-state index contributed by atoms with van der Waals surface area (Å²) in [5.74, 6) is 1.21. The predicted molar refractivity (Wildman–Crippen MR) is 124 cm³/mol. The molecule has 4 heterocycles. The van der Waals surface area contributed by atoms with Gasteiger partial charge in [-0.25, -0.2) is 0 Å². The van der Waals surface area contributed by atoms with Crippen molar-refractivity contribution >= 4 is 16.7 Å². The van der Waals surface area contributed by atoms with Gasteiger partial charge in [0.2, 0.25) is 5.91 Å². The quantitative estimate of drug-likeness (QED) is 0.682. The van der Waals surface area contributed by atoms with Crippen LogP contribution in [0.5, 0.6) is 0 Å². The van der Waals surface area contributed by atoms with Crippen molar-refractivity contribution in [2.75, 3.05) is 6.54 Å². The van der Waals surface area contributed by atoms with Crippen LogP contribution in [0.25, 0.3) is 10.8 Å². The van der Waals surface area contributed by atoms with E-state index in [0.717, 1.165) is 25.7 Å². The zero-order chi connectivity index (χ0) is 21.6. The maximum Gasteiger partial charge on any atom is 0.220 e. The fraction of sp³-hybridized carbons (Fsp3) is 0.500. The summed E-state index contributed by atoms with van der Waals surface area (Å²) < 4.78 is 7.18. The van der Waals surface area contributed by atoms with E-state index in [2.05, 4.69) is 53.6 Å². The van der Waals surface area contributed by atoms with Crippen LogP contribution >= 0.6 is 0 Å². The molecule has 4 nitrogen and oxygen atoms in total. The number of carbonyl (C=O) groups is 1. The Morgan fingerprint density at radius 1 is 1.12 bits per heavy atom. The second kappa shape index (κ2) is 6.32. The van der Waals surface area contributed by atoms with Gasteiger partial charge in [-0.15, -0.1) is 0 Å². The van der Waals surface area contributed by atoms with Gasteiger partial charge in [0.1, 0.15) is 5.60 Å². The fourth-order valence-electron chi connectivity index (χ4n) is 7.99. The summed E-state index contributed by atoms with van der Waals surface area (Å²) in [5.41, 5.74) is 3.92. The number of nitrogens with zero attached hydrogens (tertiary/aromatic N) is 1. The molecule has 5 aliphatic rings. The Hall–Kier alpha value is -2.46. The summed E-state index contributed by atoms with van der Waals surface area (Å²) in [5, 5.41) is 5.64. The number of hydrogen-bond acceptors (Lipinski definition) is 3.